The molecule has 1 rings (SSSR count). The fourth-order valence-corrected chi connectivity index (χ4v) is 1.66. The predicted molar refractivity (Wildman–Crippen MR) is 67.1 cm³/mol. The molecule has 2 nitrogen and oxygen atoms in total. The fourth-order valence-electron chi connectivity index (χ4n) is 1.28. The summed E-state index contributed by atoms with van der Waals surface area (Å²) in [5.41, 5.74) is 6.95. The maximum absolute atomic E-state index is 5.90. The van der Waals surface area contributed by atoms with E-state index in [1.807, 2.05) is 25.1 Å². The lowest BCUT2D eigenvalue weighted by Gasteiger charge is -2.18. The van der Waals surface area contributed by atoms with Crippen LogP contribution in [0, 0.1) is 0 Å². The molecule has 0 heterocycles. The number of ether oxygens (including phenoxy) is 1. The monoisotopic (exact) mass is 271 g/mol. The van der Waals surface area contributed by atoms with Crippen molar-refractivity contribution in [2.45, 2.75) is 39.3 Å². The SMILES string of the molecule is CCC(C)Oc1ccc(Br)cc1[C@H](C)N. The van der Waals surface area contributed by atoms with Crippen LogP contribution in [0.1, 0.15) is 38.8 Å². The quantitative estimate of drug-likeness (QED) is 0.908. The van der Waals surface area contributed by atoms with Gasteiger partial charge in [0.15, 0.2) is 0 Å². The first-order valence-corrected chi connectivity index (χ1v) is 6.05. The molecule has 0 aliphatic rings. The molecule has 1 unspecified atom stereocenters. The Morgan fingerprint density at radius 1 is 1.40 bits per heavy atom. The van der Waals surface area contributed by atoms with E-state index in [9.17, 15) is 0 Å². The zero-order chi connectivity index (χ0) is 11.4. The van der Waals surface area contributed by atoms with Gasteiger partial charge >= 0.3 is 0 Å². The molecule has 0 saturated heterocycles. The van der Waals surface area contributed by atoms with Crippen LogP contribution in [-0.2, 0) is 0 Å². The summed E-state index contributed by atoms with van der Waals surface area (Å²) in [4.78, 5) is 0. The molecule has 84 valence electrons. The van der Waals surface area contributed by atoms with Crippen LogP contribution in [0.2, 0.25) is 0 Å². The van der Waals surface area contributed by atoms with Crippen molar-refractivity contribution in [2.75, 3.05) is 0 Å². The van der Waals surface area contributed by atoms with E-state index in [0.29, 0.717) is 0 Å². The first kappa shape index (κ1) is 12.5. The average molecular weight is 272 g/mol. The molecule has 2 atom stereocenters. The molecule has 0 aliphatic carbocycles. The van der Waals surface area contributed by atoms with Crippen molar-refractivity contribution in [2.24, 2.45) is 5.73 Å². The van der Waals surface area contributed by atoms with Crippen LogP contribution in [0.4, 0.5) is 0 Å². The first-order chi connectivity index (χ1) is 7.04. The molecule has 0 radical (unpaired) electrons. The molecule has 1 aromatic carbocycles. The van der Waals surface area contributed by atoms with E-state index in [2.05, 4.69) is 29.8 Å². The molecule has 15 heavy (non-hydrogen) atoms. The van der Waals surface area contributed by atoms with Crippen LogP contribution in [0.25, 0.3) is 0 Å². The molecule has 0 bridgehead atoms. The molecule has 2 N–H and O–H groups in total. The molecular weight excluding hydrogens is 254 g/mol. The Morgan fingerprint density at radius 2 is 2.07 bits per heavy atom. The summed E-state index contributed by atoms with van der Waals surface area (Å²) >= 11 is 3.44. The molecule has 3 heteroatoms. The van der Waals surface area contributed by atoms with E-state index in [1.54, 1.807) is 0 Å². The summed E-state index contributed by atoms with van der Waals surface area (Å²) in [6.45, 7) is 6.13. The summed E-state index contributed by atoms with van der Waals surface area (Å²) in [5, 5.41) is 0. The summed E-state index contributed by atoms with van der Waals surface area (Å²) in [5.74, 6) is 0.891. The smallest absolute Gasteiger partial charge is 0.124 e. The van der Waals surface area contributed by atoms with Gasteiger partial charge in [0.1, 0.15) is 5.75 Å². The van der Waals surface area contributed by atoms with Crippen LogP contribution < -0.4 is 10.5 Å². The second-order valence-electron chi connectivity index (χ2n) is 3.81. The second kappa shape index (κ2) is 5.52. The minimum atomic E-state index is -0.0124. The van der Waals surface area contributed by atoms with Gasteiger partial charge in [-0.2, -0.15) is 0 Å². The van der Waals surface area contributed by atoms with Gasteiger partial charge in [-0.05, 0) is 38.5 Å². The number of rotatable bonds is 4. The molecule has 0 fully saturated rings. The van der Waals surface area contributed by atoms with E-state index in [0.717, 1.165) is 22.2 Å². The Kier molecular flexibility index (Phi) is 4.61. The minimum absolute atomic E-state index is 0.0124. The zero-order valence-corrected chi connectivity index (χ0v) is 11.0. The fraction of sp³-hybridized carbons (Fsp3) is 0.500. The number of halogens is 1. The molecule has 0 spiro atoms. The highest BCUT2D eigenvalue weighted by atomic mass is 79.9. The van der Waals surface area contributed by atoms with Crippen molar-refractivity contribution in [3.63, 3.8) is 0 Å². The van der Waals surface area contributed by atoms with Gasteiger partial charge < -0.3 is 10.5 Å². The average Bonchev–Trinajstić information content (AvgIpc) is 2.20. The van der Waals surface area contributed by atoms with Crippen molar-refractivity contribution < 1.29 is 4.74 Å². The van der Waals surface area contributed by atoms with Gasteiger partial charge in [-0.15, -0.1) is 0 Å². The number of hydrogen-bond donors (Lipinski definition) is 1. The van der Waals surface area contributed by atoms with Gasteiger partial charge in [0, 0.05) is 16.1 Å². The largest absolute Gasteiger partial charge is 0.490 e. The van der Waals surface area contributed by atoms with Gasteiger partial charge in [-0.3, -0.25) is 0 Å². The molecule has 0 aromatic heterocycles. The van der Waals surface area contributed by atoms with Gasteiger partial charge in [0.05, 0.1) is 6.10 Å². The van der Waals surface area contributed by atoms with Crippen LogP contribution in [0.15, 0.2) is 22.7 Å². The first-order valence-electron chi connectivity index (χ1n) is 5.26. The summed E-state index contributed by atoms with van der Waals surface area (Å²) < 4.78 is 6.84. The highest BCUT2D eigenvalue weighted by molar-refractivity contribution is 9.10. The molecular formula is C12H18BrNO. The van der Waals surface area contributed by atoms with E-state index < -0.39 is 0 Å². The maximum atomic E-state index is 5.90. The van der Waals surface area contributed by atoms with Gasteiger partial charge in [0.2, 0.25) is 0 Å². The highest BCUT2D eigenvalue weighted by Gasteiger charge is 2.10. The topological polar surface area (TPSA) is 35.2 Å². The van der Waals surface area contributed by atoms with Crippen molar-refractivity contribution in [3.8, 4) is 5.75 Å². The van der Waals surface area contributed by atoms with E-state index in [-0.39, 0.29) is 12.1 Å². The Morgan fingerprint density at radius 3 is 2.60 bits per heavy atom. The van der Waals surface area contributed by atoms with Crippen molar-refractivity contribution in [3.05, 3.63) is 28.2 Å². The van der Waals surface area contributed by atoms with Gasteiger partial charge in [0.25, 0.3) is 0 Å². The van der Waals surface area contributed by atoms with E-state index in [4.69, 9.17) is 10.5 Å². The summed E-state index contributed by atoms with van der Waals surface area (Å²) in [6.07, 6.45) is 1.22. The maximum Gasteiger partial charge on any atom is 0.124 e. The minimum Gasteiger partial charge on any atom is -0.490 e. The van der Waals surface area contributed by atoms with E-state index >= 15 is 0 Å². The normalized spacial score (nSPS) is 14.7. The third-order valence-corrected chi connectivity index (χ3v) is 2.86. The molecule has 0 amide bonds. The lowest BCUT2D eigenvalue weighted by molar-refractivity contribution is 0.214. The molecule has 0 saturated carbocycles. The third kappa shape index (κ3) is 3.50. The Labute approximate surface area is 99.9 Å². The standard InChI is InChI=1S/C12H18BrNO/c1-4-8(2)15-12-6-5-10(13)7-11(12)9(3)14/h5-9H,4,14H2,1-3H3/t8?,9-/m0/s1. The van der Waals surface area contributed by atoms with Crippen LogP contribution in [-0.4, -0.2) is 6.10 Å². The number of nitrogens with two attached hydrogens (primary N) is 1. The van der Waals surface area contributed by atoms with E-state index in [1.165, 1.54) is 0 Å². The Hall–Kier alpha value is -0.540. The summed E-state index contributed by atoms with van der Waals surface area (Å²) in [6, 6.07) is 5.95. The Bertz CT molecular complexity index is 325. The third-order valence-electron chi connectivity index (χ3n) is 2.37. The number of hydrogen-bond acceptors (Lipinski definition) is 2. The van der Waals surface area contributed by atoms with Crippen molar-refractivity contribution in [1.82, 2.24) is 0 Å². The van der Waals surface area contributed by atoms with Gasteiger partial charge in [-0.25, -0.2) is 0 Å². The van der Waals surface area contributed by atoms with Crippen molar-refractivity contribution in [1.29, 1.82) is 0 Å². The number of benzene rings is 1. The summed E-state index contributed by atoms with van der Waals surface area (Å²) in [7, 11) is 0. The Balaban J connectivity index is 2.95. The lowest BCUT2D eigenvalue weighted by atomic mass is 10.1. The van der Waals surface area contributed by atoms with Crippen LogP contribution in [0.3, 0.4) is 0 Å². The highest BCUT2D eigenvalue weighted by Crippen LogP contribution is 2.28. The van der Waals surface area contributed by atoms with Crippen LogP contribution in [0.5, 0.6) is 5.75 Å². The molecule has 0 aliphatic heterocycles. The second-order valence-corrected chi connectivity index (χ2v) is 4.72. The lowest BCUT2D eigenvalue weighted by Crippen LogP contribution is -2.14. The van der Waals surface area contributed by atoms with Crippen LogP contribution >= 0.6 is 15.9 Å². The predicted octanol–water partition coefficient (Wildman–Crippen LogP) is 3.65. The van der Waals surface area contributed by atoms with Crippen molar-refractivity contribution >= 4 is 15.9 Å². The zero-order valence-electron chi connectivity index (χ0n) is 9.46. The van der Waals surface area contributed by atoms with Gasteiger partial charge in [-0.1, -0.05) is 22.9 Å². The molecule has 1 aromatic rings.